The van der Waals surface area contributed by atoms with Crippen molar-refractivity contribution in [2.75, 3.05) is 6.54 Å². The normalized spacial score (nSPS) is 16.0. The van der Waals surface area contributed by atoms with E-state index in [9.17, 15) is 0 Å². The Morgan fingerprint density at radius 1 is 1.23 bits per heavy atom. The zero-order chi connectivity index (χ0) is 21.6. The SMILES string of the molecule is CC(C)CCN(Cc1nc2ccccc2n1CCCC#N)C1CCCc2cccnc21. The molecule has 0 spiro atoms. The quantitative estimate of drug-likeness (QED) is 0.423. The van der Waals surface area contributed by atoms with Gasteiger partial charge in [-0.2, -0.15) is 5.26 Å². The summed E-state index contributed by atoms with van der Waals surface area (Å²) in [4.78, 5) is 12.4. The first-order chi connectivity index (χ1) is 15.2. The lowest BCUT2D eigenvalue weighted by molar-refractivity contribution is 0.151. The third kappa shape index (κ3) is 4.97. The second-order valence-electron chi connectivity index (χ2n) is 9.04. The Morgan fingerprint density at radius 2 is 2.10 bits per heavy atom. The fraction of sp³-hybridized carbons (Fsp3) is 0.500. The van der Waals surface area contributed by atoms with Crippen molar-refractivity contribution in [3.05, 3.63) is 59.7 Å². The number of fused-ring (bicyclic) bond motifs is 2. The van der Waals surface area contributed by atoms with Crippen molar-refractivity contribution in [2.24, 2.45) is 5.92 Å². The molecule has 31 heavy (non-hydrogen) atoms. The smallest absolute Gasteiger partial charge is 0.124 e. The number of benzene rings is 1. The maximum Gasteiger partial charge on any atom is 0.124 e. The van der Waals surface area contributed by atoms with E-state index < -0.39 is 0 Å². The van der Waals surface area contributed by atoms with Crippen molar-refractivity contribution in [3.63, 3.8) is 0 Å². The van der Waals surface area contributed by atoms with Gasteiger partial charge in [-0.1, -0.05) is 32.0 Å². The predicted molar refractivity (Wildman–Crippen MR) is 124 cm³/mol. The van der Waals surface area contributed by atoms with E-state index in [4.69, 9.17) is 15.2 Å². The molecular formula is C26H33N5. The summed E-state index contributed by atoms with van der Waals surface area (Å²) in [5.41, 5.74) is 4.86. The van der Waals surface area contributed by atoms with Gasteiger partial charge in [-0.15, -0.1) is 0 Å². The minimum absolute atomic E-state index is 0.344. The minimum Gasteiger partial charge on any atom is -0.327 e. The summed E-state index contributed by atoms with van der Waals surface area (Å²) in [6.07, 6.45) is 8.01. The predicted octanol–water partition coefficient (Wildman–Crippen LogP) is 5.66. The molecule has 0 saturated carbocycles. The molecule has 0 fully saturated rings. The Hall–Kier alpha value is -2.71. The van der Waals surface area contributed by atoms with Crippen molar-refractivity contribution in [1.29, 1.82) is 5.26 Å². The van der Waals surface area contributed by atoms with Crippen LogP contribution in [-0.4, -0.2) is 26.0 Å². The number of aryl methyl sites for hydroxylation is 2. The van der Waals surface area contributed by atoms with Crippen molar-refractivity contribution < 1.29 is 0 Å². The third-order valence-corrected chi connectivity index (χ3v) is 6.35. The summed E-state index contributed by atoms with van der Waals surface area (Å²) in [5.74, 6) is 1.76. The molecule has 0 N–H and O–H groups in total. The van der Waals surface area contributed by atoms with Gasteiger partial charge in [0.05, 0.1) is 35.4 Å². The molecule has 0 radical (unpaired) electrons. The van der Waals surface area contributed by atoms with Gasteiger partial charge in [-0.3, -0.25) is 9.88 Å². The number of pyridine rings is 1. The zero-order valence-electron chi connectivity index (χ0n) is 18.8. The van der Waals surface area contributed by atoms with Gasteiger partial charge in [0.25, 0.3) is 0 Å². The number of hydrogen-bond acceptors (Lipinski definition) is 4. The van der Waals surface area contributed by atoms with Crippen LogP contribution in [0.4, 0.5) is 0 Å². The molecule has 2 aromatic heterocycles. The zero-order valence-corrected chi connectivity index (χ0v) is 18.8. The Labute approximate surface area is 185 Å². The Morgan fingerprint density at radius 3 is 2.94 bits per heavy atom. The summed E-state index contributed by atoms with van der Waals surface area (Å²) >= 11 is 0. The molecule has 0 aliphatic heterocycles. The largest absolute Gasteiger partial charge is 0.327 e. The Bertz CT molecular complexity index is 1050. The molecule has 5 nitrogen and oxygen atoms in total. The highest BCUT2D eigenvalue weighted by Gasteiger charge is 2.28. The van der Waals surface area contributed by atoms with E-state index in [1.165, 1.54) is 23.2 Å². The molecule has 1 atom stereocenters. The molecule has 0 saturated heterocycles. The van der Waals surface area contributed by atoms with Gasteiger partial charge in [0.2, 0.25) is 0 Å². The lowest BCUT2D eigenvalue weighted by Gasteiger charge is -2.35. The van der Waals surface area contributed by atoms with Gasteiger partial charge in [-0.25, -0.2) is 4.98 Å². The molecule has 0 bridgehead atoms. The number of hydrogen-bond donors (Lipinski definition) is 0. The highest BCUT2D eigenvalue weighted by atomic mass is 15.2. The number of nitriles is 1. The first-order valence-corrected chi connectivity index (χ1v) is 11.7. The second kappa shape index (κ2) is 10.1. The summed E-state index contributed by atoms with van der Waals surface area (Å²) in [5, 5.41) is 9.02. The number of rotatable bonds is 9. The fourth-order valence-electron chi connectivity index (χ4n) is 4.70. The Balaban J connectivity index is 1.67. The Kier molecular flexibility index (Phi) is 6.99. The van der Waals surface area contributed by atoms with Crippen LogP contribution in [0.2, 0.25) is 0 Å². The number of imidazole rings is 1. The fourth-order valence-corrected chi connectivity index (χ4v) is 4.70. The van der Waals surface area contributed by atoms with Crippen LogP contribution in [0.1, 0.15) is 69.1 Å². The molecule has 1 aliphatic rings. The van der Waals surface area contributed by atoms with Crippen LogP contribution in [0.25, 0.3) is 11.0 Å². The van der Waals surface area contributed by atoms with Crippen molar-refractivity contribution >= 4 is 11.0 Å². The number of unbranched alkanes of at least 4 members (excludes halogenated alkanes) is 1. The standard InChI is InChI=1S/C26H33N5/c1-20(2)14-18-30(24-13-7-9-21-10-8-16-28-26(21)24)19-25-29-22-11-3-4-12-23(22)31(25)17-6-5-15-27/h3-4,8,10-12,16,20,24H,5-7,9,13-14,17-19H2,1-2H3. The monoisotopic (exact) mass is 415 g/mol. The first-order valence-electron chi connectivity index (χ1n) is 11.7. The lowest BCUT2D eigenvalue weighted by atomic mass is 9.90. The molecule has 0 amide bonds. The molecular weight excluding hydrogens is 382 g/mol. The molecule has 162 valence electrons. The summed E-state index contributed by atoms with van der Waals surface area (Å²) in [6, 6.07) is 15.3. The summed E-state index contributed by atoms with van der Waals surface area (Å²) in [6.45, 7) is 7.28. The molecule has 3 aromatic rings. The molecule has 1 unspecified atom stereocenters. The van der Waals surface area contributed by atoms with Gasteiger partial charge in [0, 0.05) is 19.2 Å². The minimum atomic E-state index is 0.344. The maximum atomic E-state index is 9.02. The van der Waals surface area contributed by atoms with Gasteiger partial charge in [0.15, 0.2) is 0 Å². The topological polar surface area (TPSA) is 57.7 Å². The van der Waals surface area contributed by atoms with E-state index >= 15 is 0 Å². The summed E-state index contributed by atoms with van der Waals surface area (Å²) < 4.78 is 2.33. The van der Waals surface area contributed by atoms with E-state index in [2.05, 4.69) is 65.8 Å². The highest BCUT2D eigenvalue weighted by Crippen LogP contribution is 2.34. The van der Waals surface area contributed by atoms with Crippen LogP contribution >= 0.6 is 0 Å². The average Bonchev–Trinajstić information content (AvgIpc) is 3.13. The average molecular weight is 416 g/mol. The summed E-state index contributed by atoms with van der Waals surface area (Å²) in [7, 11) is 0. The van der Waals surface area contributed by atoms with Gasteiger partial charge >= 0.3 is 0 Å². The van der Waals surface area contributed by atoms with Crippen LogP contribution in [-0.2, 0) is 19.5 Å². The maximum absolute atomic E-state index is 9.02. The van der Waals surface area contributed by atoms with Crippen LogP contribution in [0.3, 0.4) is 0 Å². The van der Waals surface area contributed by atoms with Crippen molar-refractivity contribution in [1.82, 2.24) is 19.4 Å². The van der Waals surface area contributed by atoms with Crippen LogP contribution in [0, 0.1) is 17.2 Å². The van der Waals surface area contributed by atoms with Crippen molar-refractivity contribution in [2.45, 2.75) is 71.5 Å². The molecule has 2 heterocycles. The third-order valence-electron chi connectivity index (χ3n) is 6.35. The number of aromatic nitrogens is 3. The van der Waals surface area contributed by atoms with E-state index in [1.807, 2.05) is 6.20 Å². The van der Waals surface area contributed by atoms with Gasteiger partial charge < -0.3 is 4.57 Å². The van der Waals surface area contributed by atoms with Gasteiger partial charge in [-0.05, 0) is 68.3 Å². The van der Waals surface area contributed by atoms with Crippen LogP contribution in [0.5, 0.6) is 0 Å². The molecule has 1 aromatic carbocycles. The number of nitrogens with zero attached hydrogens (tertiary/aromatic N) is 5. The van der Waals surface area contributed by atoms with E-state index in [1.54, 1.807) is 0 Å². The molecule has 5 heteroatoms. The van der Waals surface area contributed by atoms with E-state index in [0.717, 1.165) is 56.7 Å². The second-order valence-corrected chi connectivity index (χ2v) is 9.04. The molecule has 1 aliphatic carbocycles. The van der Waals surface area contributed by atoms with Crippen molar-refractivity contribution in [3.8, 4) is 6.07 Å². The highest BCUT2D eigenvalue weighted by molar-refractivity contribution is 5.75. The molecule has 4 rings (SSSR count). The van der Waals surface area contributed by atoms with Crippen LogP contribution in [0.15, 0.2) is 42.6 Å². The van der Waals surface area contributed by atoms with Crippen LogP contribution < -0.4 is 0 Å². The van der Waals surface area contributed by atoms with Gasteiger partial charge in [0.1, 0.15) is 5.82 Å². The van der Waals surface area contributed by atoms with E-state index in [0.29, 0.717) is 18.4 Å². The van der Waals surface area contributed by atoms with E-state index in [-0.39, 0.29) is 0 Å². The number of para-hydroxylation sites is 2. The lowest BCUT2D eigenvalue weighted by Crippen LogP contribution is -2.34. The first kappa shape index (κ1) is 21.5.